The highest BCUT2D eigenvalue weighted by molar-refractivity contribution is 9.10. The third kappa shape index (κ3) is 3.64. The van der Waals surface area contributed by atoms with Crippen LogP contribution in [0.1, 0.15) is 25.3 Å². The average Bonchev–Trinajstić information content (AvgIpc) is 3.37. The fraction of sp³-hybridized carbons (Fsp3) is 0.556. The molecule has 1 saturated carbocycles. The Labute approximate surface area is 151 Å². The summed E-state index contributed by atoms with van der Waals surface area (Å²) in [5.41, 5.74) is 0.822. The number of carbonyl (C=O) groups is 2. The third-order valence-electron chi connectivity index (χ3n) is 4.96. The summed E-state index contributed by atoms with van der Waals surface area (Å²) in [5, 5.41) is 2.82. The molecule has 1 heterocycles. The van der Waals surface area contributed by atoms with Crippen LogP contribution in [-0.2, 0) is 15.0 Å². The molecular weight excluding hydrogens is 370 g/mol. The van der Waals surface area contributed by atoms with E-state index in [1.165, 1.54) is 0 Å². The van der Waals surface area contributed by atoms with Crippen molar-refractivity contribution in [3.8, 4) is 0 Å². The molecule has 0 spiro atoms. The van der Waals surface area contributed by atoms with Crippen LogP contribution in [0.25, 0.3) is 0 Å². The van der Waals surface area contributed by atoms with Gasteiger partial charge in [0.05, 0.1) is 12.0 Å². The molecular formula is C18H24BrN3O2. The summed E-state index contributed by atoms with van der Waals surface area (Å²) >= 11 is 3.45. The summed E-state index contributed by atoms with van der Waals surface area (Å²) in [4.78, 5) is 28.8. The van der Waals surface area contributed by atoms with Crippen LogP contribution < -0.4 is 5.32 Å². The van der Waals surface area contributed by atoms with Gasteiger partial charge in [-0.1, -0.05) is 28.1 Å². The number of rotatable bonds is 5. The molecule has 130 valence electrons. The minimum Gasteiger partial charge on any atom is -0.355 e. The second-order valence-corrected chi connectivity index (χ2v) is 7.53. The molecule has 3 rings (SSSR count). The van der Waals surface area contributed by atoms with Gasteiger partial charge in [0.2, 0.25) is 11.8 Å². The SMILES string of the molecule is CCNC(=O)CN1CCN(C(=O)C2(c3ccc(Br)cc3)CC2)CC1. The Morgan fingerprint density at radius 2 is 1.75 bits per heavy atom. The van der Waals surface area contributed by atoms with E-state index < -0.39 is 0 Å². The van der Waals surface area contributed by atoms with E-state index >= 15 is 0 Å². The van der Waals surface area contributed by atoms with Crippen LogP contribution in [-0.4, -0.2) is 60.9 Å². The van der Waals surface area contributed by atoms with Crippen LogP contribution in [0.15, 0.2) is 28.7 Å². The molecule has 1 aliphatic heterocycles. The van der Waals surface area contributed by atoms with Gasteiger partial charge in [-0.25, -0.2) is 0 Å². The fourth-order valence-corrected chi connectivity index (χ4v) is 3.65. The Balaban J connectivity index is 1.57. The van der Waals surface area contributed by atoms with Crippen molar-refractivity contribution < 1.29 is 9.59 Å². The van der Waals surface area contributed by atoms with E-state index in [1.54, 1.807) is 0 Å². The van der Waals surface area contributed by atoms with E-state index in [9.17, 15) is 9.59 Å². The van der Waals surface area contributed by atoms with Gasteiger partial charge < -0.3 is 10.2 Å². The minimum absolute atomic E-state index is 0.0609. The molecule has 5 nitrogen and oxygen atoms in total. The molecule has 1 aliphatic carbocycles. The van der Waals surface area contributed by atoms with E-state index in [4.69, 9.17) is 0 Å². The lowest BCUT2D eigenvalue weighted by atomic mass is 9.94. The molecule has 1 N–H and O–H groups in total. The van der Waals surface area contributed by atoms with Crippen molar-refractivity contribution in [2.75, 3.05) is 39.3 Å². The van der Waals surface area contributed by atoms with Crippen molar-refractivity contribution in [3.63, 3.8) is 0 Å². The predicted octanol–water partition coefficient (Wildman–Crippen LogP) is 1.76. The molecule has 24 heavy (non-hydrogen) atoms. The van der Waals surface area contributed by atoms with Crippen LogP contribution in [0.4, 0.5) is 0 Å². The van der Waals surface area contributed by atoms with Crippen LogP contribution in [0.3, 0.4) is 0 Å². The summed E-state index contributed by atoms with van der Waals surface area (Å²) in [6.07, 6.45) is 1.87. The number of benzene rings is 1. The van der Waals surface area contributed by atoms with Crippen LogP contribution in [0.5, 0.6) is 0 Å². The average molecular weight is 394 g/mol. The van der Waals surface area contributed by atoms with Gasteiger partial charge in [0, 0.05) is 37.2 Å². The van der Waals surface area contributed by atoms with E-state index in [1.807, 2.05) is 24.0 Å². The number of halogens is 1. The van der Waals surface area contributed by atoms with Gasteiger partial charge in [-0.3, -0.25) is 14.5 Å². The van der Waals surface area contributed by atoms with Crippen molar-refractivity contribution in [2.45, 2.75) is 25.2 Å². The molecule has 2 fully saturated rings. The normalized spacial score (nSPS) is 19.8. The van der Waals surface area contributed by atoms with Crippen molar-refractivity contribution in [1.82, 2.24) is 15.1 Å². The number of nitrogens with one attached hydrogen (secondary N) is 1. The van der Waals surface area contributed by atoms with Gasteiger partial charge in [-0.05, 0) is 37.5 Å². The molecule has 6 heteroatoms. The number of piperazine rings is 1. The van der Waals surface area contributed by atoms with E-state index in [0.717, 1.165) is 36.0 Å². The first kappa shape index (κ1) is 17.4. The first-order chi connectivity index (χ1) is 11.5. The second kappa shape index (κ2) is 7.23. The van der Waals surface area contributed by atoms with E-state index in [-0.39, 0.29) is 17.2 Å². The molecule has 2 amide bonds. The number of likely N-dealkylation sites (N-methyl/N-ethyl adjacent to an activating group) is 1. The lowest BCUT2D eigenvalue weighted by Gasteiger charge is -2.36. The summed E-state index contributed by atoms with van der Waals surface area (Å²) in [7, 11) is 0. The van der Waals surface area contributed by atoms with Gasteiger partial charge in [0.1, 0.15) is 0 Å². The van der Waals surface area contributed by atoms with Crippen molar-refractivity contribution in [3.05, 3.63) is 34.3 Å². The number of carbonyl (C=O) groups excluding carboxylic acids is 2. The van der Waals surface area contributed by atoms with Gasteiger partial charge in [-0.2, -0.15) is 0 Å². The Morgan fingerprint density at radius 3 is 2.29 bits per heavy atom. The van der Waals surface area contributed by atoms with Crippen LogP contribution >= 0.6 is 15.9 Å². The molecule has 0 bridgehead atoms. The van der Waals surface area contributed by atoms with Crippen LogP contribution in [0, 0.1) is 0 Å². The molecule has 0 aromatic heterocycles. The standard InChI is InChI=1S/C18H24BrN3O2/c1-2-20-16(23)13-21-9-11-22(12-10-21)17(24)18(7-8-18)14-3-5-15(19)6-4-14/h3-6H,2,7-13H2,1H3,(H,20,23). The fourth-order valence-electron chi connectivity index (χ4n) is 3.39. The Bertz CT molecular complexity index is 605. The molecule has 1 aromatic rings. The molecule has 2 aliphatic rings. The van der Waals surface area contributed by atoms with Gasteiger partial charge in [0.15, 0.2) is 0 Å². The highest BCUT2D eigenvalue weighted by atomic mass is 79.9. The zero-order valence-electron chi connectivity index (χ0n) is 14.1. The lowest BCUT2D eigenvalue weighted by Crippen LogP contribution is -2.53. The zero-order chi connectivity index (χ0) is 17.2. The number of hydrogen-bond acceptors (Lipinski definition) is 3. The zero-order valence-corrected chi connectivity index (χ0v) is 15.6. The topological polar surface area (TPSA) is 52.7 Å². The van der Waals surface area contributed by atoms with Crippen molar-refractivity contribution in [2.24, 2.45) is 0 Å². The van der Waals surface area contributed by atoms with Gasteiger partial charge >= 0.3 is 0 Å². The summed E-state index contributed by atoms with van der Waals surface area (Å²) in [6.45, 7) is 5.94. The smallest absolute Gasteiger partial charge is 0.234 e. The minimum atomic E-state index is -0.303. The third-order valence-corrected chi connectivity index (χ3v) is 5.49. The Morgan fingerprint density at radius 1 is 1.12 bits per heavy atom. The van der Waals surface area contributed by atoms with E-state index in [0.29, 0.717) is 26.2 Å². The predicted molar refractivity (Wildman–Crippen MR) is 96.8 cm³/mol. The molecule has 1 aromatic carbocycles. The van der Waals surface area contributed by atoms with Gasteiger partial charge in [0.25, 0.3) is 0 Å². The molecule has 0 unspecified atom stereocenters. The first-order valence-electron chi connectivity index (χ1n) is 8.59. The number of amides is 2. The maximum Gasteiger partial charge on any atom is 0.234 e. The Hall–Kier alpha value is -1.40. The Kier molecular flexibility index (Phi) is 5.25. The summed E-state index contributed by atoms with van der Waals surface area (Å²) < 4.78 is 1.04. The molecule has 0 radical (unpaired) electrons. The van der Waals surface area contributed by atoms with Crippen molar-refractivity contribution in [1.29, 1.82) is 0 Å². The highest BCUT2D eigenvalue weighted by Gasteiger charge is 2.53. The van der Waals surface area contributed by atoms with Crippen LogP contribution in [0.2, 0.25) is 0 Å². The largest absolute Gasteiger partial charge is 0.355 e. The number of nitrogens with zero attached hydrogens (tertiary/aromatic N) is 2. The van der Waals surface area contributed by atoms with Gasteiger partial charge in [-0.15, -0.1) is 0 Å². The second-order valence-electron chi connectivity index (χ2n) is 6.61. The molecule has 1 saturated heterocycles. The first-order valence-corrected chi connectivity index (χ1v) is 9.39. The summed E-state index contributed by atoms with van der Waals surface area (Å²) in [5.74, 6) is 0.313. The maximum atomic E-state index is 13.0. The quantitative estimate of drug-likeness (QED) is 0.828. The summed E-state index contributed by atoms with van der Waals surface area (Å²) in [6, 6.07) is 8.13. The van der Waals surface area contributed by atoms with E-state index in [2.05, 4.69) is 38.3 Å². The monoisotopic (exact) mass is 393 g/mol. The highest BCUT2D eigenvalue weighted by Crippen LogP contribution is 2.49. The van der Waals surface area contributed by atoms with Crippen molar-refractivity contribution >= 4 is 27.7 Å². The maximum absolute atomic E-state index is 13.0. The number of hydrogen-bond donors (Lipinski definition) is 1. The lowest BCUT2D eigenvalue weighted by molar-refractivity contribution is -0.136. The molecule has 0 atom stereocenters.